The van der Waals surface area contributed by atoms with Gasteiger partial charge in [-0.3, -0.25) is 11.3 Å². The lowest BCUT2D eigenvalue weighted by Crippen LogP contribution is -2.34. The zero-order valence-electron chi connectivity index (χ0n) is 9.93. The molecule has 0 heterocycles. The monoisotopic (exact) mass is 262 g/mol. The van der Waals surface area contributed by atoms with Crippen LogP contribution >= 0.6 is 11.6 Å². The van der Waals surface area contributed by atoms with Crippen molar-refractivity contribution >= 4 is 11.6 Å². The van der Waals surface area contributed by atoms with Crippen LogP contribution in [0, 0.1) is 17.6 Å². The number of benzene rings is 1. The van der Waals surface area contributed by atoms with Crippen molar-refractivity contribution in [1.29, 1.82) is 0 Å². The summed E-state index contributed by atoms with van der Waals surface area (Å²) in [5.74, 6) is 4.42. The Kier molecular flexibility index (Phi) is 5.31. The van der Waals surface area contributed by atoms with Gasteiger partial charge in [0.05, 0.1) is 11.1 Å². The van der Waals surface area contributed by atoms with E-state index < -0.39 is 17.7 Å². The van der Waals surface area contributed by atoms with Crippen molar-refractivity contribution in [3.05, 3.63) is 34.4 Å². The molecule has 0 radical (unpaired) electrons. The first-order valence-electron chi connectivity index (χ1n) is 5.65. The minimum Gasteiger partial charge on any atom is -0.271 e. The van der Waals surface area contributed by atoms with Crippen molar-refractivity contribution in [2.45, 2.75) is 32.7 Å². The Hall–Kier alpha value is -0.710. The molecule has 1 aromatic rings. The van der Waals surface area contributed by atoms with Crippen LogP contribution in [0.15, 0.2) is 12.1 Å². The molecule has 0 saturated heterocycles. The van der Waals surface area contributed by atoms with E-state index in [1.165, 1.54) is 0 Å². The molecule has 0 aliphatic heterocycles. The molecule has 0 saturated carbocycles. The molecule has 0 spiro atoms. The summed E-state index contributed by atoms with van der Waals surface area (Å²) in [5.41, 5.74) is 2.78. The van der Waals surface area contributed by atoms with E-state index in [9.17, 15) is 8.78 Å². The van der Waals surface area contributed by atoms with E-state index in [1.807, 2.05) is 13.8 Å². The van der Waals surface area contributed by atoms with Gasteiger partial charge >= 0.3 is 0 Å². The van der Waals surface area contributed by atoms with Crippen LogP contribution in [0.2, 0.25) is 5.02 Å². The number of hydrogen-bond donors (Lipinski definition) is 2. The first-order chi connectivity index (χ1) is 8.04. The zero-order chi connectivity index (χ0) is 13.0. The number of nitrogens with one attached hydrogen (secondary N) is 1. The Morgan fingerprint density at radius 3 is 2.29 bits per heavy atom. The predicted octanol–water partition coefficient (Wildman–Crippen LogP) is 3.56. The Morgan fingerprint density at radius 1 is 1.24 bits per heavy atom. The number of rotatable bonds is 5. The summed E-state index contributed by atoms with van der Waals surface area (Å²) >= 11 is 5.51. The molecule has 0 aliphatic rings. The van der Waals surface area contributed by atoms with E-state index in [1.54, 1.807) is 0 Å². The maximum absolute atomic E-state index is 13.8. The fourth-order valence-electron chi connectivity index (χ4n) is 2.02. The van der Waals surface area contributed by atoms with Crippen molar-refractivity contribution in [1.82, 2.24) is 5.43 Å². The van der Waals surface area contributed by atoms with E-state index in [2.05, 4.69) is 5.43 Å². The third-order valence-electron chi connectivity index (χ3n) is 3.07. The van der Waals surface area contributed by atoms with Gasteiger partial charge in [0.25, 0.3) is 0 Å². The van der Waals surface area contributed by atoms with Gasteiger partial charge in [-0.1, -0.05) is 38.3 Å². The van der Waals surface area contributed by atoms with Gasteiger partial charge in [-0.05, 0) is 18.1 Å². The largest absolute Gasteiger partial charge is 0.271 e. The summed E-state index contributed by atoms with van der Waals surface area (Å²) in [6.07, 6.45) is 1.66. The molecule has 3 N–H and O–H groups in total. The third kappa shape index (κ3) is 3.15. The first-order valence-corrected chi connectivity index (χ1v) is 6.03. The third-order valence-corrected chi connectivity index (χ3v) is 3.36. The molecule has 5 heteroatoms. The van der Waals surface area contributed by atoms with Crippen LogP contribution < -0.4 is 11.3 Å². The van der Waals surface area contributed by atoms with Gasteiger partial charge in [-0.2, -0.15) is 0 Å². The smallest absolute Gasteiger partial charge is 0.142 e. The molecule has 1 rings (SSSR count). The second-order valence-electron chi connectivity index (χ2n) is 4.01. The lowest BCUT2D eigenvalue weighted by molar-refractivity contribution is 0.335. The Morgan fingerprint density at radius 2 is 1.82 bits per heavy atom. The standard InChI is InChI=1S/C12H17ClF2N2/c1-3-7(4-2)12(17-16)8-5-11(15)9(13)6-10(8)14/h5-7,12,17H,3-4,16H2,1-2H3. The first kappa shape index (κ1) is 14.4. The summed E-state index contributed by atoms with van der Waals surface area (Å²) in [6, 6.07) is 1.69. The van der Waals surface area contributed by atoms with Crippen LogP contribution in [-0.4, -0.2) is 0 Å². The molecule has 0 amide bonds. The fraction of sp³-hybridized carbons (Fsp3) is 0.500. The van der Waals surface area contributed by atoms with Crippen LogP contribution in [0.4, 0.5) is 8.78 Å². The van der Waals surface area contributed by atoms with Crippen molar-refractivity contribution in [3.63, 3.8) is 0 Å². The molecule has 1 aromatic carbocycles. The highest BCUT2D eigenvalue weighted by Gasteiger charge is 2.23. The van der Waals surface area contributed by atoms with Gasteiger partial charge in [0.15, 0.2) is 0 Å². The number of hydrogen-bond acceptors (Lipinski definition) is 2. The van der Waals surface area contributed by atoms with Crippen LogP contribution in [-0.2, 0) is 0 Å². The van der Waals surface area contributed by atoms with Crippen molar-refractivity contribution in [2.24, 2.45) is 11.8 Å². The molecule has 17 heavy (non-hydrogen) atoms. The highest BCUT2D eigenvalue weighted by Crippen LogP contribution is 2.30. The summed E-state index contributed by atoms with van der Waals surface area (Å²) in [4.78, 5) is 0. The topological polar surface area (TPSA) is 38.0 Å². The molecular weight excluding hydrogens is 246 g/mol. The quantitative estimate of drug-likeness (QED) is 0.484. The average Bonchev–Trinajstić information content (AvgIpc) is 2.31. The molecule has 96 valence electrons. The van der Waals surface area contributed by atoms with Crippen LogP contribution in [0.5, 0.6) is 0 Å². The van der Waals surface area contributed by atoms with Gasteiger partial charge in [0, 0.05) is 5.56 Å². The zero-order valence-corrected chi connectivity index (χ0v) is 10.7. The van der Waals surface area contributed by atoms with E-state index in [0.29, 0.717) is 0 Å². The lowest BCUT2D eigenvalue weighted by Gasteiger charge is -2.25. The number of halogens is 3. The maximum atomic E-state index is 13.8. The predicted molar refractivity (Wildman–Crippen MR) is 65.5 cm³/mol. The van der Waals surface area contributed by atoms with Gasteiger partial charge in [-0.25, -0.2) is 8.78 Å². The van der Waals surface area contributed by atoms with Crippen LogP contribution in [0.1, 0.15) is 38.3 Å². The van der Waals surface area contributed by atoms with E-state index in [0.717, 1.165) is 25.0 Å². The molecule has 0 fully saturated rings. The van der Waals surface area contributed by atoms with Gasteiger partial charge in [-0.15, -0.1) is 0 Å². The summed E-state index contributed by atoms with van der Waals surface area (Å²) in [7, 11) is 0. The Labute approximate surface area is 105 Å². The molecule has 0 aromatic heterocycles. The molecule has 2 nitrogen and oxygen atoms in total. The van der Waals surface area contributed by atoms with Gasteiger partial charge in [0.1, 0.15) is 11.6 Å². The second-order valence-corrected chi connectivity index (χ2v) is 4.42. The molecule has 0 aliphatic carbocycles. The van der Waals surface area contributed by atoms with E-state index >= 15 is 0 Å². The Bertz CT molecular complexity index is 381. The van der Waals surface area contributed by atoms with Crippen molar-refractivity contribution < 1.29 is 8.78 Å². The lowest BCUT2D eigenvalue weighted by atomic mass is 9.89. The normalized spacial score (nSPS) is 13.1. The number of hydrazine groups is 1. The minimum atomic E-state index is -0.630. The van der Waals surface area contributed by atoms with E-state index in [4.69, 9.17) is 17.4 Å². The molecule has 0 bridgehead atoms. The summed E-state index contributed by atoms with van der Waals surface area (Å²) < 4.78 is 27.1. The highest BCUT2D eigenvalue weighted by atomic mass is 35.5. The van der Waals surface area contributed by atoms with Crippen LogP contribution in [0.3, 0.4) is 0 Å². The van der Waals surface area contributed by atoms with Crippen molar-refractivity contribution in [3.8, 4) is 0 Å². The second kappa shape index (κ2) is 6.28. The summed E-state index contributed by atoms with van der Waals surface area (Å²) in [6.45, 7) is 3.98. The Balaban J connectivity index is 3.15. The highest BCUT2D eigenvalue weighted by molar-refractivity contribution is 6.30. The SMILES string of the molecule is CCC(CC)C(NN)c1cc(F)c(Cl)cc1F. The minimum absolute atomic E-state index is 0.148. The number of nitrogens with two attached hydrogens (primary N) is 1. The van der Waals surface area contributed by atoms with Gasteiger partial charge in [0.2, 0.25) is 0 Å². The molecule has 1 atom stereocenters. The van der Waals surface area contributed by atoms with Crippen molar-refractivity contribution in [2.75, 3.05) is 0 Å². The molecular formula is C12H17ClF2N2. The fourth-order valence-corrected chi connectivity index (χ4v) is 2.17. The molecule has 1 unspecified atom stereocenters. The van der Waals surface area contributed by atoms with Gasteiger partial charge < -0.3 is 0 Å². The maximum Gasteiger partial charge on any atom is 0.142 e. The van der Waals surface area contributed by atoms with E-state index in [-0.39, 0.29) is 16.5 Å². The average molecular weight is 263 g/mol. The van der Waals surface area contributed by atoms with Crippen LogP contribution in [0.25, 0.3) is 0 Å². The summed E-state index contributed by atoms with van der Waals surface area (Å²) in [5, 5.41) is -0.216.